The molecule has 0 saturated heterocycles. The second-order valence-corrected chi connectivity index (χ2v) is 4.84. The zero-order valence-corrected chi connectivity index (χ0v) is 11.2. The summed E-state index contributed by atoms with van der Waals surface area (Å²) in [6, 6.07) is 1.83. The Morgan fingerprint density at radius 1 is 1.39 bits per heavy atom. The lowest BCUT2D eigenvalue weighted by molar-refractivity contribution is -0.0265. The van der Waals surface area contributed by atoms with E-state index >= 15 is 0 Å². The molecule has 4 nitrogen and oxygen atoms in total. The van der Waals surface area contributed by atoms with Gasteiger partial charge >= 0.3 is 0 Å². The van der Waals surface area contributed by atoms with Gasteiger partial charge < -0.3 is 15.2 Å². The molecule has 0 radical (unpaired) electrons. The minimum atomic E-state index is -0.230. The topological polar surface area (TPSA) is 57.4 Å². The van der Waals surface area contributed by atoms with Crippen LogP contribution in [0.15, 0.2) is 18.5 Å². The highest BCUT2D eigenvalue weighted by Gasteiger charge is 2.40. The lowest BCUT2D eigenvalue weighted by Crippen LogP contribution is -2.40. The first-order valence-corrected chi connectivity index (χ1v) is 6.60. The summed E-state index contributed by atoms with van der Waals surface area (Å²) in [5, 5.41) is 0. The summed E-state index contributed by atoms with van der Waals surface area (Å²) >= 11 is 0. The standard InChI is InChI=1S/C14H22N2O2/c1-3-18-12-8-11(9-16-10-12)13(15)14(17-2)6-4-5-7-14/h8-10,13H,3-7,15H2,1-2H3. The monoisotopic (exact) mass is 250 g/mol. The van der Waals surface area contributed by atoms with E-state index in [2.05, 4.69) is 4.98 Å². The van der Waals surface area contributed by atoms with Crippen molar-refractivity contribution in [3.63, 3.8) is 0 Å². The van der Waals surface area contributed by atoms with Crippen LogP contribution in [0.2, 0.25) is 0 Å². The first-order chi connectivity index (χ1) is 8.72. The number of hydrogen-bond acceptors (Lipinski definition) is 4. The van der Waals surface area contributed by atoms with E-state index in [1.54, 1.807) is 13.3 Å². The van der Waals surface area contributed by atoms with E-state index < -0.39 is 0 Å². The number of methoxy groups -OCH3 is 1. The molecule has 0 amide bonds. The van der Waals surface area contributed by atoms with Crippen molar-refractivity contribution in [2.24, 2.45) is 5.73 Å². The molecule has 0 bridgehead atoms. The molecule has 1 fully saturated rings. The number of rotatable bonds is 5. The van der Waals surface area contributed by atoms with Gasteiger partial charge in [0.25, 0.3) is 0 Å². The highest BCUT2D eigenvalue weighted by atomic mass is 16.5. The van der Waals surface area contributed by atoms with Gasteiger partial charge in [0.05, 0.1) is 24.4 Å². The van der Waals surface area contributed by atoms with Crippen LogP contribution in [-0.4, -0.2) is 24.3 Å². The summed E-state index contributed by atoms with van der Waals surface area (Å²) in [6.07, 6.45) is 7.92. The Morgan fingerprint density at radius 2 is 2.11 bits per heavy atom. The molecule has 18 heavy (non-hydrogen) atoms. The van der Waals surface area contributed by atoms with Gasteiger partial charge in [-0.15, -0.1) is 0 Å². The first kappa shape index (κ1) is 13.3. The van der Waals surface area contributed by atoms with E-state index in [-0.39, 0.29) is 11.6 Å². The number of nitrogens with zero attached hydrogens (tertiary/aromatic N) is 1. The van der Waals surface area contributed by atoms with Crippen molar-refractivity contribution >= 4 is 0 Å². The molecule has 100 valence electrons. The summed E-state index contributed by atoms with van der Waals surface area (Å²) < 4.78 is 11.2. The van der Waals surface area contributed by atoms with Crippen molar-refractivity contribution in [3.8, 4) is 5.75 Å². The highest BCUT2D eigenvalue weighted by molar-refractivity contribution is 5.28. The predicted octanol–water partition coefficient (Wildman–Crippen LogP) is 2.44. The summed E-state index contributed by atoms with van der Waals surface area (Å²) in [6.45, 7) is 2.59. The maximum absolute atomic E-state index is 6.39. The van der Waals surface area contributed by atoms with E-state index in [1.165, 1.54) is 12.8 Å². The number of ether oxygens (including phenoxy) is 2. The van der Waals surface area contributed by atoms with E-state index in [4.69, 9.17) is 15.2 Å². The number of pyridine rings is 1. The van der Waals surface area contributed by atoms with Crippen molar-refractivity contribution in [1.82, 2.24) is 4.98 Å². The molecule has 0 spiro atoms. The molecule has 2 N–H and O–H groups in total. The van der Waals surface area contributed by atoms with E-state index in [1.807, 2.05) is 19.2 Å². The molecular formula is C14H22N2O2. The minimum absolute atomic E-state index is 0.141. The summed E-state index contributed by atoms with van der Waals surface area (Å²) in [5.41, 5.74) is 7.15. The van der Waals surface area contributed by atoms with E-state index in [0.717, 1.165) is 24.2 Å². The van der Waals surface area contributed by atoms with Crippen LogP contribution in [0.5, 0.6) is 5.75 Å². The zero-order valence-electron chi connectivity index (χ0n) is 11.2. The van der Waals surface area contributed by atoms with Crippen LogP contribution < -0.4 is 10.5 Å². The second-order valence-electron chi connectivity index (χ2n) is 4.84. The van der Waals surface area contributed by atoms with Crippen LogP contribution >= 0.6 is 0 Å². The Labute approximate surface area is 108 Å². The summed E-state index contributed by atoms with van der Waals surface area (Å²) in [5.74, 6) is 0.773. The smallest absolute Gasteiger partial charge is 0.137 e. The van der Waals surface area contributed by atoms with Crippen LogP contribution in [0.25, 0.3) is 0 Å². The van der Waals surface area contributed by atoms with Gasteiger partial charge in [0.15, 0.2) is 0 Å². The van der Waals surface area contributed by atoms with Crippen molar-refractivity contribution in [2.45, 2.75) is 44.2 Å². The van der Waals surface area contributed by atoms with Crippen molar-refractivity contribution < 1.29 is 9.47 Å². The molecule has 1 aliphatic rings. The third-order valence-electron chi connectivity index (χ3n) is 3.83. The van der Waals surface area contributed by atoms with Crippen LogP contribution in [0, 0.1) is 0 Å². The third-order valence-corrected chi connectivity index (χ3v) is 3.83. The molecule has 4 heteroatoms. The zero-order chi connectivity index (χ0) is 13.0. The van der Waals surface area contributed by atoms with Gasteiger partial charge in [-0.25, -0.2) is 0 Å². The quantitative estimate of drug-likeness (QED) is 0.872. The van der Waals surface area contributed by atoms with Crippen LogP contribution in [0.4, 0.5) is 0 Å². The predicted molar refractivity (Wildman–Crippen MR) is 70.5 cm³/mol. The average Bonchev–Trinajstić information content (AvgIpc) is 2.88. The van der Waals surface area contributed by atoms with Crippen molar-refractivity contribution in [3.05, 3.63) is 24.0 Å². The van der Waals surface area contributed by atoms with Crippen LogP contribution in [0.3, 0.4) is 0 Å². The molecule has 1 aromatic heterocycles. The molecule has 1 heterocycles. The largest absolute Gasteiger partial charge is 0.492 e. The lowest BCUT2D eigenvalue weighted by atomic mass is 9.88. The molecule has 1 aliphatic carbocycles. The van der Waals surface area contributed by atoms with Gasteiger partial charge in [0, 0.05) is 13.3 Å². The molecule has 0 aliphatic heterocycles. The van der Waals surface area contributed by atoms with Gasteiger partial charge in [0.1, 0.15) is 5.75 Å². The Balaban J connectivity index is 2.21. The van der Waals surface area contributed by atoms with Gasteiger partial charge in [-0.05, 0) is 31.4 Å². The Morgan fingerprint density at radius 3 is 2.72 bits per heavy atom. The van der Waals surface area contributed by atoms with Gasteiger partial charge in [0.2, 0.25) is 0 Å². The number of hydrogen-bond donors (Lipinski definition) is 1. The maximum atomic E-state index is 6.39. The maximum Gasteiger partial charge on any atom is 0.137 e. The highest BCUT2D eigenvalue weighted by Crippen LogP contribution is 2.41. The molecule has 1 unspecified atom stereocenters. The Hall–Kier alpha value is -1.13. The van der Waals surface area contributed by atoms with Gasteiger partial charge in [-0.2, -0.15) is 0 Å². The first-order valence-electron chi connectivity index (χ1n) is 6.60. The fourth-order valence-electron chi connectivity index (χ4n) is 2.77. The molecule has 1 atom stereocenters. The van der Waals surface area contributed by atoms with Crippen molar-refractivity contribution in [1.29, 1.82) is 0 Å². The van der Waals surface area contributed by atoms with Crippen LogP contribution in [0.1, 0.15) is 44.2 Å². The normalized spacial score (nSPS) is 19.7. The van der Waals surface area contributed by atoms with Crippen molar-refractivity contribution in [2.75, 3.05) is 13.7 Å². The van der Waals surface area contributed by atoms with Crippen LogP contribution in [-0.2, 0) is 4.74 Å². The lowest BCUT2D eigenvalue weighted by Gasteiger charge is -2.34. The summed E-state index contributed by atoms with van der Waals surface area (Å²) in [4.78, 5) is 4.20. The third kappa shape index (κ3) is 2.49. The minimum Gasteiger partial charge on any atom is -0.492 e. The number of nitrogens with two attached hydrogens (primary N) is 1. The average molecular weight is 250 g/mol. The SMILES string of the molecule is CCOc1cncc(C(N)C2(OC)CCCC2)c1. The van der Waals surface area contributed by atoms with Gasteiger partial charge in [-0.1, -0.05) is 12.8 Å². The van der Waals surface area contributed by atoms with Gasteiger partial charge in [-0.3, -0.25) is 4.98 Å². The Kier molecular flexibility index (Phi) is 4.19. The molecular weight excluding hydrogens is 228 g/mol. The molecule has 1 saturated carbocycles. The second kappa shape index (κ2) is 5.67. The Bertz CT molecular complexity index is 389. The molecule has 0 aromatic carbocycles. The van der Waals surface area contributed by atoms with E-state index in [0.29, 0.717) is 6.61 Å². The fraction of sp³-hybridized carbons (Fsp3) is 0.643. The fourth-order valence-corrected chi connectivity index (χ4v) is 2.77. The summed E-state index contributed by atoms with van der Waals surface area (Å²) in [7, 11) is 1.75. The molecule has 1 aromatic rings. The molecule has 2 rings (SSSR count). The number of aromatic nitrogens is 1. The van der Waals surface area contributed by atoms with E-state index in [9.17, 15) is 0 Å².